The number of Topliss-reactive ketones (excluding diaryl/α,β-unsaturated/α-hetero) is 1. The van der Waals surface area contributed by atoms with E-state index in [1.54, 1.807) is 0 Å². The van der Waals surface area contributed by atoms with Crippen molar-refractivity contribution in [3.05, 3.63) is 22.8 Å². The molecule has 0 bridgehead atoms. The highest BCUT2D eigenvalue weighted by atomic mass is 16.2. The summed E-state index contributed by atoms with van der Waals surface area (Å²) in [7, 11) is 0. The zero-order valence-corrected chi connectivity index (χ0v) is 10.8. The highest BCUT2D eigenvalue weighted by molar-refractivity contribution is 5.99. The van der Waals surface area contributed by atoms with E-state index in [1.807, 2.05) is 19.9 Å². The van der Waals surface area contributed by atoms with Crippen molar-refractivity contribution in [1.29, 1.82) is 0 Å². The van der Waals surface area contributed by atoms with E-state index in [1.165, 1.54) is 11.1 Å². The van der Waals surface area contributed by atoms with E-state index >= 15 is 0 Å². The smallest absolute Gasteiger partial charge is 0.159 e. The molecule has 0 aliphatic heterocycles. The van der Waals surface area contributed by atoms with Gasteiger partial charge in [-0.05, 0) is 37.7 Å². The molecule has 0 atom stereocenters. The molecule has 0 amide bonds. The Bertz CT molecular complexity index is 346. The van der Waals surface area contributed by atoms with Crippen LogP contribution in [0.5, 0.6) is 0 Å². The summed E-state index contributed by atoms with van der Waals surface area (Å²) >= 11 is 0. The van der Waals surface area contributed by atoms with Gasteiger partial charge in [0.2, 0.25) is 0 Å². The van der Waals surface area contributed by atoms with Gasteiger partial charge in [0, 0.05) is 6.42 Å². The SMILES string of the molecule is CC1=C(CC/C(C)=C/CO)C(C)(C)CC1=O. The van der Waals surface area contributed by atoms with Gasteiger partial charge in [0.1, 0.15) is 0 Å². The van der Waals surface area contributed by atoms with Crippen LogP contribution in [-0.2, 0) is 4.79 Å². The Morgan fingerprint density at radius 2 is 2.12 bits per heavy atom. The summed E-state index contributed by atoms with van der Waals surface area (Å²) in [5.74, 6) is 0.295. The van der Waals surface area contributed by atoms with Crippen molar-refractivity contribution >= 4 is 5.78 Å². The second kappa shape index (κ2) is 4.96. The average molecular weight is 222 g/mol. The molecule has 0 radical (unpaired) electrons. The Morgan fingerprint density at radius 3 is 2.56 bits per heavy atom. The fraction of sp³-hybridized carbons (Fsp3) is 0.643. The van der Waals surface area contributed by atoms with E-state index in [4.69, 9.17) is 5.11 Å². The van der Waals surface area contributed by atoms with Crippen LogP contribution in [0.25, 0.3) is 0 Å². The maximum Gasteiger partial charge on any atom is 0.159 e. The number of ketones is 1. The number of rotatable bonds is 4. The molecule has 1 aliphatic carbocycles. The summed E-state index contributed by atoms with van der Waals surface area (Å²) < 4.78 is 0. The first-order valence-corrected chi connectivity index (χ1v) is 5.88. The average Bonchev–Trinajstić information content (AvgIpc) is 2.34. The molecule has 0 aromatic carbocycles. The molecule has 0 unspecified atom stereocenters. The van der Waals surface area contributed by atoms with E-state index in [2.05, 4.69) is 13.8 Å². The summed E-state index contributed by atoms with van der Waals surface area (Å²) in [5.41, 5.74) is 3.48. The molecule has 1 N–H and O–H groups in total. The van der Waals surface area contributed by atoms with Gasteiger partial charge in [-0.2, -0.15) is 0 Å². The van der Waals surface area contributed by atoms with Crippen molar-refractivity contribution in [2.24, 2.45) is 5.41 Å². The van der Waals surface area contributed by atoms with Crippen LogP contribution in [0.2, 0.25) is 0 Å². The van der Waals surface area contributed by atoms with Crippen LogP contribution in [0.3, 0.4) is 0 Å². The zero-order valence-electron chi connectivity index (χ0n) is 10.8. The Morgan fingerprint density at radius 1 is 1.50 bits per heavy atom. The number of hydrogen-bond donors (Lipinski definition) is 1. The van der Waals surface area contributed by atoms with Crippen LogP contribution in [-0.4, -0.2) is 17.5 Å². The molecule has 1 rings (SSSR count). The van der Waals surface area contributed by atoms with Gasteiger partial charge in [-0.3, -0.25) is 4.79 Å². The third kappa shape index (κ3) is 2.82. The standard InChI is InChI=1S/C14H22O2/c1-10(7-8-15)5-6-12-11(2)13(16)9-14(12,3)4/h7,15H,5-6,8-9H2,1-4H3/b10-7+. The minimum Gasteiger partial charge on any atom is -0.392 e. The van der Waals surface area contributed by atoms with Crippen molar-refractivity contribution in [3.63, 3.8) is 0 Å². The monoisotopic (exact) mass is 222 g/mol. The molecular weight excluding hydrogens is 200 g/mol. The molecule has 0 spiro atoms. The normalized spacial score (nSPS) is 20.8. The van der Waals surface area contributed by atoms with Crippen LogP contribution in [0.1, 0.15) is 47.0 Å². The zero-order chi connectivity index (χ0) is 12.3. The van der Waals surface area contributed by atoms with E-state index < -0.39 is 0 Å². The Balaban J connectivity index is 2.73. The van der Waals surface area contributed by atoms with Crippen molar-refractivity contribution in [2.75, 3.05) is 6.61 Å². The summed E-state index contributed by atoms with van der Waals surface area (Å²) in [6, 6.07) is 0. The Kier molecular flexibility index (Phi) is 4.09. The lowest BCUT2D eigenvalue weighted by molar-refractivity contribution is -0.115. The molecule has 0 saturated heterocycles. The van der Waals surface area contributed by atoms with Crippen molar-refractivity contribution in [3.8, 4) is 0 Å². The molecule has 1 aliphatic rings. The molecule has 0 saturated carbocycles. The van der Waals surface area contributed by atoms with Crippen LogP contribution >= 0.6 is 0 Å². The molecule has 2 nitrogen and oxygen atoms in total. The first-order valence-electron chi connectivity index (χ1n) is 5.88. The van der Waals surface area contributed by atoms with Crippen molar-refractivity contribution in [1.82, 2.24) is 0 Å². The summed E-state index contributed by atoms with van der Waals surface area (Å²) in [6.45, 7) is 8.35. The quantitative estimate of drug-likeness (QED) is 0.742. The molecule has 2 heteroatoms. The second-order valence-corrected chi connectivity index (χ2v) is 5.32. The molecule has 0 aromatic rings. The van der Waals surface area contributed by atoms with Gasteiger partial charge < -0.3 is 5.11 Å². The summed E-state index contributed by atoms with van der Waals surface area (Å²) in [4.78, 5) is 11.7. The summed E-state index contributed by atoms with van der Waals surface area (Å²) in [6.07, 6.45) is 4.35. The van der Waals surface area contributed by atoms with Gasteiger partial charge in [-0.15, -0.1) is 0 Å². The maximum atomic E-state index is 11.7. The third-order valence-electron chi connectivity index (χ3n) is 3.50. The second-order valence-electron chi connectivity index (χ2n) is 5.32. The first-order chi connectivity index (χ1) is 7.38. The number of hydrogen-bond acceptors (Lipinski definition) is 2. The fourth-order valence-electron chi connectivity index (χ4n) is 2.42. The predicted molar refractivity (Wildman–Crippen MR) is 66.2 cm³/mol. The first kappa shape index (κ1) is 13.2. The molecule has 0 aromatic heterocycles. The van der Waals surface area contributed by atoms with Gasteiger partial charge in [-0.1, -0.05) is 31.1 Å². The topological polar surface area (TPSA) is 37.3 Å². The van der Waals surface area contributed by atoms with E-state index in [9.17, 15) is 4.79 Å². The molecule has 90 valence electrons. The minimum atomic E-state index is 0.0284. The third-order valence-corrected chi connectivity index (χ3v) is 3.50. The molecule has 0 fully saturated rings. The Labute approximate surface area is 98.1 Å². The van der Waals surface area contributed by atoms with Gasteiger partial charge in [0.05, 0.1) is 6.61 Å². The lowest BCUT2D eigenvalue weighted by Gasteiger charge is -2.22. The van der Waals surface area contributed by atoms with Crippen LogP contribution in [0, 0.1) is 5.41 Å². The Hall–Kier alpha value is -0.890. The van der Waals surface area contributed by atoms with E-state index in [0.29, 0.717) is 12.2 Å². The number of carbonyl (C=O) groups excluding carboxylic acids is 1. The van der Waals surface area contributed by atoms with Gasteiger partial charge >= 0.3 is 0 Å². The highest BCUT2D eigenvalue weighted by Gasteiger charge is 2.35. The van der Waals surface area contributed by atoms with Crippen LogP contribution in [0.4, 0.5) is 0 Å². The molecule has 0 heterocycles. The van der Waals surface area contributed by atoms with Crippen molar-refractivity contribution in [2.45, 2.75) is 47.0 Å². The van der Waals surface area contributed by atoms with Gasteiger partial charge in [0.25, 0.3) is 0 Å². The highest BCUT2D eigenvalue weighted by Crippen LogP contribution is 2.42. The summed E-state index contributed by atoms with van der Waals surface area (Å²) in [5, 5.41) is 8.78. The number of allylic oxidation sites excluding steroid dienone is 3. The van der Waals surface area contributed by atoms with Gasteiger partial charge in [0.15, 0.2) is 5.78 Å². The van der Waals surface area contributed by atoms with Gasteiger partial charge in [-0.25, -0.2) is 0 Å². The minimum absolute atomic E-state index is 0.0284. The number of carbonyl (C=O) groups is 1. The molecule has 16 heavy (non-hydrogen) atoms. The lowest BCUT2D eigenvalue weighted by atomic mass is 9.82. The largest absolute Gasteiger partial charge is 0.392 e. The van der Waals surface area contributed by atoms with Crippen molar-refractivity contribution < 1.29 is 9.90 Å². The fourth-order valence-corrected chi connectivity index (χ4v) is 2.42. The maximum absolute atomic E-state index is 11.7. The van der Waals surface area contributed by atoms with E-state index in [0.717, 1.165) is 18.4 Å². The van der Waals surface area contributed by atoms with E-state index in [-0.39, 0.29) is 12.0 Å². The predicted octanol–water partition coefficient (Wildman–Crippen LogP) is 3.02. The van der Waals surface area contributed by atoms with Crippen LogP contribution in [0.15, 0.2) is 22.8 Å². The number of aliphatic hydroxyl groups is 1. The lowest BCUT2D eigenvalue weighted by Crippen LogP contribution is -2.11. The number of aliphatic hydroxyl groups excluding tert-OH is 1. The van der Waals surface area contributed by atoms with Crippen LogP contribution < -0.4 is 0 Å². The molecular formula is C14H22O2.